The van der Waals surface area contributed by atoms with Gasteiger partial charge in [-0.2, -0.15) is 18.3 Å². The van der Waals surface area contributed by atoms with Crippen molar-refractivity contribution in [1.29, 1.82) is 0 Å². The van der Waals surface area contributed by atoms with Crippen LogP contribution in [0.2, 0.25) is 5.02 Å². The number of amides is 2. The lowest BCUT2D eigenvalue weighted by molar-refractivity contribution is -0.151. The summed E-state index contributed by atoms with van der Waals surface area (Å²) >= 11 is 15.3. The molecule has 2 aromatic rings. The minimum atomic E-state index is -4.67. The predicted octanol–water partition coefficient (Wildman–Crippen LogP) is 7.07. The second-order valence-corrected chi connectivity index (χ2v) is 9.49. The highest BCUT2D eigenvalue weighted by atomic mass is 79.9. The summed E-state index contributed by atoms with van der Waals surface area (Å²) in [5, 5.41) is 7.45. The summed E-state index contributed by atoms with van der Waals surface area (Å²) in [6, 6.07) is 9.04. The fraction of sp³-hybridized carbons (Fsp3) is 0.261. The molecule has 0 aliphatic carbocycles. The minimum Gasteiger partial charge on any atom is -0.465 e. The third-order valence-electron chi connectivity index (χ3n) is 5.13. The van der Waals surface area contributed by atoms with E-state index < -0.39 is 34.2 Å². The Hall–Kier alpha value is -2.56. The fourth-order valence-corrected chi connectivity index (χ4v) is 4.40. The number of nitrogens with one attached hydrogen (secondary N) is 1. The van der Waals surface area contributed by atoms with Crippen LogP contribution in [-0.4, -0.2) is 35.9 Å². The third-order valence-corrected chi connectivity index (χ3v) is 6.11. The van der Waals surface area contributed by atoms with Gasteiger partial charge in [-0.25, -0.2) is 9.80 Å². The Morgan fingerprint density at radius 2 is 1.91 bits per heavy atom. The Morgan fingerprint density at radius 3 is 2.46 bits per heavy atom. The van der Waals surface area contributed by atoms with Crippen molar-refractivity contribution in [2.45, 2.75) is 19.5 Å². The molecule has 3 rings (SSSR count). The molecule has 1 aliphatic heterocycles. The Labute approximate surface area is 217 Å². The van der Waals surface area contributed by atoms with Gasteiger partial charge in [0.25, 0.3) is 0 Å². The molecule has 1 N–H and O–H groups in total. The minimum absolute atomic E-state index is 0.0145. The summed E-state index contributed by atoms with van der Waals surface area (Å²) in [6.07, 6.45) is -4.85. The van der Waals surface area contributed by atoms with Crippen LogP contribution in [-0.2, 0) is 15.7 Å². The number of halogens is 6. The average molecular weight is 593 g/mol. The molecular weight excluding hydrogens is 574 g/mol. The van der Waals surface area contributed by atoms with E-state index in [1.165, 1.54) is 0 Å². The van der Waals surface area contributed by atoms with Crippen LogP contribution in [0.3, 0.4) is 0 Å². The van der Waals surface area contributed by atoms with Crippen LogP contribution in [0.4, 0.5) is 23.7 Å². The molecule has 0 aromatic heterocycles. The lowest BCUT2D eigenvalue weighted by Gasteiger charge is -2.28. The standard InChI is InChI=1S/C23H19BrCl2F3N3O3/c1-3-35-20(33)22(11-13(2)25)12-32(21(34)30-16-7-5-15(24)6-8-16)31-19(22)14-4-9-17(18(26)10-14)23(27,28)29/h4-10H,2-3,11-12H2,1H3,(H,30,34). The fourth-order valence-electron chi connectivity index (χ4n) is 3.62. The maximum absolute atomic E-state index is 13.2. The second-order valence-electron chi connectivity index (χ2n) is 7.63. The molecule has 0 fully saturated rings. The Morgan fingerprint density at radius 1 is 1.26 bits per heavy atom. The number of hydrogen-bond acceptors (Lipinski definition) is 4. The Balaban J connectivity index is 2.08. The number of nitrogens with zero attached hydrogens (tertiary/aromatic N) is 2. The number of carbonyl (C=O) groups is 2. The molecule has 0 bridgehead atoms. The topological polar surface area (TPSA) is 71.0 Å². The van der Waals surface area contributed by atoms with Gasteiger partial charge in [0, 0.05) is 27.2 Å². The van der Waals surface area contributed by atoms with E-state index in [2.05, 4.69) is 32.9 Å². The number of urea groups is 1. The zero-order valence-corrected chi connectivity index (χ0v) is 21.4. The van der Waals surface area contributed by atoms with Gasteiger partial charge in [-0.05, 0) is 43.3 Å². The molecular formula is C23H19BrCl2F3N3O3. The van der Waals surface area contributed by atoms with Crippen molar-refractivity contribution in [3.8, 4) is 0 Å². The normalized spacial score (nSPS) is 17.7. The van der Waals surface area contributed by atoms with Crippen molar-refractivity contribution in [2.24, 2.45) is 10.5 Å². The maximum Gasteiger partial charge on any atom is 0.417 e. The van der Waals surface area contributed by atoms with E-state index in [-0.39, 0.29) is 35.9 Å². The smallest absolute Gasteiger partial charge is 0.417 e. The summed E-state index contributed by atoms with van der Waals surface area (Å²) in [5.41, 5.74) is -2.11. The molecule has 6 nitrogen and oxygen atoms in total. The van der Waals surface area contributed by atoms with Crippen molar-refractivity contribution in [1.82, 2.24) is 5.01 Å². The average Bonchev–Trinajstić information content (AvgIpc) is 3.14. The van der Waals surface area contributed by atoms with E-state index in [1.807, 2.05) is 0 Å². The highest BCUT2D eigenvalue weighted by molar-refractivity contribution is 9.10. The van der Waals surface area contributed by atoms with Gasteiger partial charge in [-0.3, -0.25) is 4.79 Å². The molecule has 1 aliphatic rings. The first-order chi connectivity index (χ1) is 16.4. The number of benzene rings is 2. The van der Waals surface area contributed by atoms with Gasteiger partial charge in [0.2, 0.25) is 0 Å². The molecule has 0 radical (unpaired) electrons. The van der Waals surface area contributed by atoms with Crippen molar-refractivity contribution < 1.29 is 27.5 Å². The number of anilines is 1. The first-order valence-corrected chi connectivity index (χ1v) is 11.7. The highest BCUT2D eigenvalue weighted by Gasteiger charge is 2.52. The monoisotopic (exact) mass is 591 g/mol. The van der Waals surface area contributed by atoms with Crippen LogP contribution in [0.1, 0.15) is 24.5 Å². The molecule has 1 unspecified atom stereocenters. The summed E-state index contributed by atoms with van der Waals surface area (Å²) in [4.78, 5) is 26.2. The molecule has 0 saturated heterocycles. The highest BCUT2D eigenvalue weighted by Crippen LogP contribution is 2.41. The van der Waals surface area contributed by atoms with Crippen molar-refractivity contribution in [3.05, 3.63) is 74.7 Å². The molecule has 1 heterocycles. The molecule has 2 aromatic carbocycles. The van der Waals surface area contributed by atoms with Gasteiger partial charge in [-0.1, -0.05) is 51.8 Å². The quantitative estimate of drug-likeness (QED) is 0.365. The number of hydrogen-bond donors (Lipinski definition) is 1. The third kappa shape index (κ3) is 5.99. The summed E-state index contributed by atoms with van der Waals surface area (Å²) in [6.45, 7) is 4.98. The van der Waals surface area contributed by atoms with Crippen LogP contribution >= 0.6 is 39.1 Å². The summed E-state index contributed by atoms with van der Waals surface area (Å²) < 4.78 is 45.7. The number of alkyl halides is 3. The van der Waals surface area contributed by atoms with Gasteiger partial charge in [-0.15, -0.1) is 0 Å². The van der Waals surface area contributed by atoms with E-state index >= 15 is 0 Å². The largest absolute Gasteiger partial charge is 0.465 e. The zero-order valence-electron chi connectivity index (χ0n) is 18.3. The first-order valence-electron chi connectivity index (χ1n) is 10.2. The van der Waals surface area contributed by atoms with Crippen LogP contribution in [0.15, 0.2) is 63.6 Å². The lowest BCUT2D eigenvalue weighted by atomic mass is 9.77. The van der Waals surface area contributed by atoms with Gasteiger partial charge < -0.3 is 10.1 Å². The second kappa shape index (κ2) is 10.6. The zero-order chi connectivity index (χ0) is 26.0. The molecule has 2 amide bonds. The number of ether oxygens (including phenoxy) is 1. The number of esters is 1. The van der Waals surface area contributed by atoms with Gasteiger partial charge in [0.1, 0.15) is 5.41 Å². The van der Waals surface area contributed by atoms with Gasteiger partial charge in [0.05, 0.1) is 29.4 Å². The molecule has 0 spiro atoms. The number of hydrazone groups is 1. The maximum atomic E-state index is 13.2. The number of rotatable bonds is 6. The van der Waals surface area contributed by atoms with Crippen molar-refractivity contribution >= 4 is 62.5 Å². The molecule has 35 heavy (non-hydrogen) atoms. The van der Waals surface area contributed by atoms with Crippen LogP contribution < -0.4 is 5.32 Å². The van der Waals surface area contributed by atoms with Crippen molar-refractivity contribution in [2.75, 3.05) is 18.5 Å². The van der Waals surface area contributed by atoms with E-state index in [0.717, 1.165) is 27.7 Å². The van der Waals surface area contributed by atoms with E-state index in [1.54, 1.807) is 31.2 Å². The number of allylic oxidation sites excluding steroid dienone is 1. The Bertz CT molecular complexity index is 1190. The van der Waals surface area contributed by atoms with Gasteiger partial charge in [0.15, 0.2) is 0 Å². The summed E-state index contributed by atoms with van der Waals surface area (Å²) in [7, 11) is 0. The molecule has 1 atom stereocenters. The van der Waals surface area contributed by atoms with E-state index in [4.69, 9.17) is 27.9 Å². The SMILES string of the molecule is C=C(Cl)CC1(C(=O)OCC)CN(C(=O)Nc2ccc(Br)cc2)N=C1c1ccc(C(F)(F)F)c(Cl)c1. The van der Waals surface area contributed by atoms with Crippen molar-refractivity contribution in [3.63, 3.8) is 0 Å². The lowest BCUT2D eigenvalue weighted by Crippen LogP contribution is -2.45. The molecule has 0 saturated carbocycles. The van der Waals surface area contributed by atoms with E-state index in [0.29, 0.717) is 5.69 Å². The van der Waals surface area contributed by atoms with Gasteiger partial charge >= 0.3 is 18.2 Å². The number of carbonyl (C=O) groups excluding carboxylic acids is 2. The molecule has 12 heteroatoms. The predicted molar refractivity (Wildman–Crippen MR) is 132 cm³/mol. The first kappa shape index (κ1) is 27.0. The Kier molecular flexibility index (Phi) is 8.18. The van der Waals surface area contributed by atoms with Crippen LogP contribution in [0.25, 0.3) is 0 Å². The van der Waals surface area contributed by atoms with E-state index in [9.17, 15) is 22.8 Å². The molecule has 186 valence electrons. The van der Waals surface area contributed by atoms with Crippen LogP contribution in [0, 0.1) is 5.41 Å². The summed E-state index contributed by atoms with van der Waals surface area (Å²) in [5.74, 6) is -0.754. The van der Waals surface area contributed by atoms with Crippen LogP contribution in [0.5, 0.6) is 0 Å².